The summed E-state index contributed by atoms with van der Waals surface area (Å²) in [5.74, 6) is -0.871. The summed E-state index contributed by atoms with van der Waals surface area (Å²) in [6.07, 6.45) is 66.6. The molecule has 0 amide bonds. The summed E-state index contributed by atoms with van der Waals surface area (Å²) in [4.78, 5) is 38.1. The number of unbranched alkanes of at least 4 members (excludes halogenated alkanes) is 33. The van der Waals surface area contributed by atoms with Crippen LogP contribution in [0, 0.1) is 0 Å². The molecule has 6 nitrogen and oxygen atoms in total. The molecule has 0 aliphatic rings. The van der Waals surface area contributed by atoms with Gasteiger partial charge in [0.15, 0.2) is 6.10 Å². The minimum absolute atomic E-state index is 0.0732. The van der Waals surface area contributed by atoms with Crippen LogP contribution in [-0.2, 0) is 28.6 Å². The van der Waals surface area contributed by atoms with E-state index in [1.807, 2.05) is 0 Å². The lowest BCUT2D eigenvalue weighted by Crippen LogP contribution is -2.30. The lowest BCUT2D eigenvalue weighted by Gasteiger charge is -2.18. The average Bonchev–Trinajstić information content (AvgIpc) is 3.31. The first kappa shape index (κ1) is 63.4. The number of carbonyl (C=O) groups excluding carboxylic acids is 3. The van der Waals surface area contributed by atoms with Crippen molar-refractivity contribution in [2.24, 2.45) is 0 Å². The molecular weight excluding hydrogens is 817 g/mol. The molecular formula is C60H108O6. The molecule has 1 atom stereocenters. The molecule has 6 heteroatoms. The first-order valence-electron chi connectivity index (χ1n) is 28.6. The van der Waals surface area contributed by atoms with Crippen molar-refractivity contribution in [2.75, 3.05) is 13.2 Å². The summed E-state index contributed by atoms with van der Waals surface area (Å²) in [7, 11) is 0. The average molecular weight is 926 g/mol. The third kappa shape index (κ3) is 52.3. The quantitative estimate of drug-likeness (QED) is 0.0262. The molecule has 66 heavy (non-hydrogen) atoms. The fourth-order valence-electron chi connectivity index (χ4n) is 8.32. The van der Waals surface area contributed by atoms with E-state index in [0.29, 0.717) is 19.3 Å². The highest BCUT2D eigenvalue weighted by Crippen LogP contribution is 2.17. The van der Waals surface area contributed by atoms with Crippen molar-refractivity contribution in [3.8, 4) is 0 Å². The maximum Gasteiger partial charge on any atom is 0.306 e. The summed E-state index contributed by atoms with van der Waals surface area (Å²) in [6.45, 7) is 6.55. The molecule has 0 aliphatic heterocycles. The van der Waals surface area contributed by atoms with Gasteiger partial charge in [-0.25, -0.2) is 0 Å². The second kappa shape index (κ2) is 55.0. The summed E-state index contributed by atoms with van der Waals surface area (Å²) in [6, 6.07) is 0. The fraction of sp³-hybridized carbons (Fsp3) is 0.817. The predicted molar refractivity (Wildman–Crippen MR) is 284 cm³/mol. The lowest BCUT2D eigenvalue weighted by molar-refractivity contribution is -0.167. The van der Waals surface area contributed by atoms with Crippen molar-refractivity contribution < 1.29 is 28.6 Å². The van der Waals surface area contributed by atoms with Gasteiger partial charge in [0, 0.05) is 19.3 Å². The van der Waals surface area contributed by atoms with Crippen LogP contribution in [0.25, 0.3) is 0 Å². The van der Waals surface area contributed by atoms with Crippen LogP contribution in [0.15, 0.2) is 48.6 Å². The zero-order valence-electron chi connectivity index (χ0n) is 44.0. The Bertz CT molecular complexity index is 1150. The zero-order chi connectivity index (χ0) is 47.9. The van der Waals surface area contributed by atoms with Crippen LogP contribution in [0.1, 0.15) is 297 Å². The second-order valence-corrected chi connectivity index (χ2v) is 19.2. The van der Waals surface area contributed by atoms with E-state index < -0.39 is 6.10 Å². The summed E-state index contributed by atoms with van der Waals surface area (Å²) in [5.41, 5.74) is 0. The SMILES string of the molecule is CC/C=C\C/C=C\C/C=C\C/C=C\CCCCCCCCC(=O)OCC(COC(=O)CCCCCCCCCCCCCCCC)OC(=O)CCCCCCCCCCCCCCCCC. The van der Waals surface area contributed by atoms with Crippen molar-refractivity contribution in [3.63, 3.8) is 0 Å². The monoisotopic (exact) mass is 925 g/mol. The maximum absolute atomic E-state index is 12.8. The Kier molecular flexibility index (Phi) is 52.8. The van der Waals surface area contributed by atoms with Crippen molar-refractivity contribution in [1.29, 1.82) is 0 Å². The molecule has 0 aromatic rings. The Morgan fingerprint density at radius 3 is 0.924 bits per heavy atom. The molecule has 0 aliphatic carbocycles. The van der Waals surface area contributed by atoms with Crippen LogP contribution in [-0.4, -0.2) is 37.2 Å². The molecule has 0 aromatic carbocycles. The number of hydrogen-bond donors (Lipinski definition) is 0. The first-order valence-corrected chi connectivity index (χ1v) is 28.6. The van der Waals surface area contributed by atoms with Gasteiger partial charge in [0.25, 0.3) is 0 Å². The van der Waals surface area contributed by atoms with E-state index in [-0.39, 0.29) is 31.1 Å². The maximum atomic E-state index is 12.8. The third-order valence-corrected chi connectivity index (χ3v) is 12.6. The predicted octanol–water partition coefficient (Wildman–Crippen LogP) is 19.0. The second-order valence-electron chi connectivity index (χ2n) is 19.2. The highest BCUT2D eigenvalue weighted by Gasteiger charge is 2.19. The number of hydrogen-bond acceptors (Lipinski definition) is 6. The summed E-state index contributed by atoms with van der Waals surface area (Å²) in [5, 5.41) is 0. The molecule has 384 valence electrons. The zero-order valence-corrected chi connectivity index (χ0v) is 44.0. The van der Waals surface area contributed by atoms with Gasteiger partial charge in [0.1, 0.15) is 13.2 Å². The van der Waals surface area contributed by atoms with Crippen molar-refractivity contribution in [1.82, 2.24) is 0 Å². The van der Waals surface area contributed by atoms with Gasteiger partial charge in [0.2, 0.25) is 0 Å². The summed E-state index contributed by atoms with van der Waals surface area (Å²) >= 11 is 0. The van der Waals surface area contributed by atoms with Crippen LogP contribution in [0.5, 0.6) is 0 Å². The van der Waals surface area contributed by atoms with Crippen molar-refractivity contribution in [3.05, 3.63) is 48.6 Å². The van der Waals surface area contributed by atoms with Gasteiger partial charge in [-0.1, -0.05) is 268 Å². The van der Waals surface area contributed by atoms with Gasteiger partial charge in [-0.3, -0.25) is 14.4 Å². The van der Waals surface area contributed by atoms with Crippen LogP contribution < -0.4 is 0 Å². The molecule has 0 rings (SSSR count). The van der Waals surface area contributed by atoms with Crippen LogP contribution >= 0.6 is 0 Å². The Labute approximate surface area is 409 Å². The third-order valence-electron chi connectivity index (χ3n) is 12.6. The highest BCUT2D eigenvalue weighted by molar-refractivity contribution is 5.71. The van der Waals surface area contributed by atoms with Crippen LogP contribution in [0.2, 0.25) is 0 Å². The van der Waals surface area contributed by atoms with Crippen molar-refractivity contribution in [2.45, 2.75) is 303 Å². The van der Waals surface area contributed by atoms with Crippen LogP contribution in [0.4, 0.5) is 0 Å². The fourth-order valence-corrected chi connectivity index (χ4v) is 8.32. The van der Waals surface area contributed by atoms with E-state index in [2.05, 4.69) is 69.4 Å². The standard InChI is InChI=1S/C60H108O6/c1-4-7-10-13-16-19-22-25-28-29-30-31-33-35-38-41-44-47-50-53-59(62)65-56-57(55-64-58(61)52-49-46-43-40-37-34-27-24-21-18-15-12-9-6-3)66-60(63)54-51-48-45-42-39-36-32-26-23-20-17-14-11-8-5-2/h7,10,16,19,25,28,30-31,57H,4-6,8-9,11-15,17-18,20-24,26-27,29,32-56H2,1-3H3/b10-7-,19-16-,28-25-,31-30-. The van der Waals surface area contributed by atoms with E-state index in [1.54, 1.807) is 0 Å². The number of carbonyl (C=O) groups is 3. The van der Waals surface area contributed by atoms with Gasteiger partial charge >= 0.3 is 17.9 Å². The van der Waals surface area contributed by atoms with E-state index in [9.17, 15) is 14.4 Å². The molecule has 0 N–H and O–H groups in total. The lowest BCUT2D eigenvalue weighted by atomic mass is 10.0. The Morgan fingerprint density at radius 1 is 0.318 bits per heavy atom. The largest absolute Gasteiger partial charge is 0.462 e. The van der Waals surface area contributed by atoms with Gasteiger partial charge in [-0.15, -0.1) is 0 Å². The van der Waals surface area contributed by atoms with E-state index in [0.717, 1.165) is 89.9 Å². The topological polar surface area (TPSA) is 78.9 Å². The molecule has 0 saturated carbocycles. The van der Waals surface area contributed by atoms with Gasteiger partial charge in [0.05, 0.1) is 0 Å². The van der Waals surface area contributed by atoms with Gasteiger partial charge in [-0.2, -0.15) is 0 Å². The molecule has 0 bridgehead atoms. The number of ether oxygens (including phenoxy) is 3. The molecule has 0 radical (unpaired) electrons. The van der Waals surface area contributed by atoms with E-state index >= 15 is 0 Å². The number of esters is 3. The normalized spacial score (nSPS) is 12.3. The van der Waals surface area contributed by atoms with Crippen LogP contribution in [0.3, 0.4) is 0 Å². The van der Waals surface area contributed by atoms with E-state index in [1.165, 1.54) is 167 Å². The molecule has 0 fully saturated rings. The number of rotatable bonds is 52. The molecule has 0 saturated heterocycles. The molecule has 0 aromatic heterocycles. The minimum atomic E-state index is -0.775. The van der Waals surface area contributed by atoms with E-state index in [4.69, 9.17) is 14.2 Å². The van der Waals surface area contributed by atoms with Crippen molar-refractivity contribution >= 4 is 17.9 Å². The molecule has 0 heterocycles. The number of allylic oxidation sites excluding steroid dienone is 8. The Morgan fingerprint density at radius 2 is 0.591 bits per heavy atom. The van der Waals surface area contributed by atoms with Gasteiger partial charge < -0.3 is 14.2 Å². The van der Waals surface area contributed by atoms with Gasteiger partial charge in [-0.05, 0) is 57.8 Å². The summed E-state index contributed by atoms with van der Waals surface area (Å²) < 4.78 is 16.9. The first-order chi connectivity index (χ1) is 32.5. The Hall–Kier alpha value is -2.63. The Balaban J connectivity index is 4.36. The minimum Gasteiger partial charge on any atom is -0.462 e. The smallest absolute Gasteiger partial charge is 0.306 e. The molecule has 1 unspecified atom stereocenters. The molecule has 0 spiro atoms. The highest BCUT2D eigenvalue weighted by atomic mass is 16.6.